The lowest BCUT2D eigenvalue weighted by Crippen LogP contribution is -2.48. The predicted molar refractivity (Wildman–Crippen MR) is 73.2 cm³/mol. The third-order valence-corrected chi connectivity index (χ3v) is 4.40. The molecule has 1 heterocycles. The van der Waals surface area contributed by atoms with E-state index in [1.165, 1.54) is 6.92 Å². The molecule has 114 valence electrons. The van der Waals surface area contributed by atoms with E-state index in [0.29, 0.717) is 38.8 Å². The van der Waals surface area contributed by atoms with Crippen LogP contribution in [-0.4, -0.2) is 41.1 Å². The normalized spacial score (nSPS) is 29.9. The summed E-state index contributed by atoms with van der Waals surface area (Å²) >= 11 is 0. The molecule has 1 saturated heterocycles. The number of ether oxygens (including phenoxy) is 1. The van der Waals surface area contributed by atoms with Crippen LogP contribution in [0, 0.1) is 5.41 Å². The molecule has 1 amide bonds. The average Bonchev–Trinajstić information content (AvgIpc) is 2.53. The Morgan fingerprint density at radius 3 is 2.15 bits per heavy atom. The highest BCUT2D eigenvalue weighted by Crippen LogP contribution is 2.49. The van der Waals surface area contributed by atoms with E-state index in [-0.39, 0.29) is 11.9 Å². The lowest BCUT2D eigenvalue weighted by atomic mass is 9.75. The van der Waals surface area contributed by atoms with Crippen LogP contribution in [0.4, 0.5) is 9.18 Å². The minimum atomic E-state index is -1.69. The van der Waals surface area contributed by atoms with Gasteiger partial charge in [-0.2, -0.15) is 0 Å². The van der Waals surface area contributed by atoms with Crippen molar-refractivity contribution in [2.75, 3.05) is 13.1 Å². The molecular weight excluding hydrogens is 261 g/mol. The first-order chi connectivity index (χ1) is 9.06. The highest BCUT2D eigenvalue weighted by molar-refractivity contribution is 5.94. The van der Waals surface area contributed by atoms with Crippen LogP contribution >= 0.6 is 0 Å². The van der Waals surface area contributed by atoms with Gasteiger partial charge in [-0.25, -0.2) is 9.18 Å². The molecule has 1 spiro atoms. The van der Waals surface area contributed by atoms with Crippen molar-refractivity contribution in [3.8, 4) is 0 Å². The molecule has 2 fully saturated rings. The number of amides is 1. The van der Waals surface area contributed by atoms with E-state index >= 15 is 0 Å². The first-order valence-electron chi connectivity index (χ1n) is 7.28. The second-order valence-corrected chi connectivity index (χ2v) is 7.27. The first-order valence-corrected chi connectivity index (χ1v) is 7.28. The van der Waals surface area contributed by atoms with Gasteiger partial charge in [0.2, 0.25) is 0 Å². The van der Waals surface area contributed by atoms with Gasteiger partial charge in [0.1, 0.15) is 5.60 Å². The number of carbonyl (C=O) groups excluding carboxylic acids is 2. The van der Waals surface area contributed by atoms with E-state index in [1.54, 1.807) is 4.90 Å². The van der Waals surface area contributed by atoms with Crippen LogP contribution < -0.4 is 0 Å². The monoisotopic (exact) mass is 285 g/mol. The van der Waals surface area contributed by atoms with E-state index < -0.39 is 16.7 Å². The Morgan fingerprint density at radius 2 is 1.75 bits per heavy atom. The molecule has 2 rings (SSSR count). The predicted octanol–water partition coefficient (Wildman–Crippen LogP) is 3.09. The molecule has 4 nitrogen and oxygen atoms in total. The second-order valence-electron chi connectivity index (χ2n) is 7.27. The van der Waals surface area contributed by atoms with Gasteiger partial charge in [0.15, 0.2) is 11.5 Å². The lowest BCUT2D eigenvalue weighted by Gasteiger charge is -2.38. The quantitative estimate of drug-likeness (QED) is 0.687. The maximum Gasteiger partial charge on any atom is 0.410 e. The fourth-order valence-electron chi connectivity index (χ4n) is 3.17. The Morgan fingerprint density at radius 1 is 1.20 bits per heavy atom. The van der Waals surface area contributed by atoms with E-state index in [1.807, 2.05) is 20.8 Å². The summed E-state index contributed by atoms with van der Waals surface area (Å²) in [6.07, 6.45) is 1.65. The number of ketones is 1. The van der Waals surface area contributed by atoms with Crippen LogP contribution in [-0.2, 0) is 9.53 Å². The molecule has 0 radical (unpaired) electrons. The summed E-state index contributed by atoms with van der Waals surface area (Å²) in [5.74, 6) is -0.270. The molecule has 1 aliphatic heterocycles. The standard InChI is InChI=1S/C15H24FNO3/c1-13(2,3)20-12(19)17-9-7-15(8-10-17)6-5-14(4,16)11(15)18/h5-10H2,1-4H3. The number of Topliss-reactive ketones (excluding diaryl/α,β-unsaturated/α-hetero) is 1. The maximum atomic E-state index is 14.1. The molecule has 1 aliphatic carbocycles. The van der Waals surface area contributed by atoms with Gasteiger partial charge < -0.3 is 9.64 Å². The summed E-state index contributed by atoms with van der Waals surface area (Å²) in [4.78, 5) is 25.8. The van der Waals surface area contributed by atoms with Gasteiger partial charge in [0, 0.05) is 18.5 Å². The van der Waals surface area contributed by atoms with Crippen molar-refractivity contribution in [2.24, 2.45) is 5.41 Å². The van der Waals surface area contributed by atoms with Gasteiger partial charge >= 0.3 is 6.09 Å². The minimum absolute atomic E-state index is 0.270. The van der Waals surface area contributed by atoms with Crippen LogP contribution in [0.2, 0.25) is 0 Å². The molecule has 5 heteroatoms. The molecule has 0 aromatic rings. The highest BCUT2D eigenvalue weighted by atomic mass is 19.1. The Hall–Kier alpha value is -1.13. The van der Waals surface area contributed by atoms with Crippen molar-refractivity contribution in [3.63, 3.8) is 0 Å². The highest BCUT2D eigenvalue weighted by Gasteiger charge is 2.55. The zero-order valence-corrected chi connectivity index (χ0v) is 12.8. The van der Waals surface area contributed by atoms with Crippen molar-refractivity contribution in [1.82, 2.24) is 4.90 Å². The summed E-state index contributed by atoms with van der Waals surface area (Å²) in [5, 5.41) is 0. The van der Waals surface area contributed by atoms with Gasteiger partial charge in [0.05, 0.1) is 0 Å². The van der Waals surface area contributed by atoms with E-state index in [2.05, 4.69) is 0 Å². The van der Waals surface area contributed by atoms with Gasteiger partial charge in [0.25, 0.3) is 0 Å². The van der Waals surface area contributed by atoms with Crippen LogP contribution in [0.5, 0.6) is 0 Å². The molecule has 1 saturated carbocycles. The number of hydrogen-bond acceptors (Lipinski definition) is 3. The molecule has 0 aromatic heterocycles. The van der Waals surface area contributed by atoms with E-state index in [0.717, 1.165) is 0 Å². The maximum absolute atomic E-state index is 14.1. The second kappa shape index (κ2) is 4.71. The van der Waals surface area contributed by atoms with Crippen LogP contribution in [0.25, 0.3) is 0 Å². The largest absolute Gasteiger partial charge is 0.444 e. The van der Waals surface area contributed by atoms with Gasteiger partial charge in [-0.1, -0.05) is 0 Å². The lowest BCUT2D eigenvalue weighted by molar-refractivity contribution is -0.136. The zero-order valence-electron chi connectivity index (χ0n) is 12.8. The molecule has 0 bridgehead atoms. The average molecular weight is 285 g/mol. The van der Waals surface area contributed by atoms with Crippen LogP contribution in [0.3, 0.4) is 0 Å². The summed E-state index contributed by atoms with van der Waals surface area (Å²) < 4.78 is 19.4. The number of hydrogen-bond donors (Lipinski definition) is 0. The summed E-state index contributed by atoms with van der Waals surface area (Å²) in [6, 6.07) is 0. The first kappa shape index (κ1) is 15.3. The molecule has 1 unspecified atom stereocenters. The van der Waals surface area contributed by atoms with Gasteiger partial charge in [-0.05, 0) is 53.4 Å². The van der Waals surface area contributed by atoms with Gasteiger partial charge in [-0.3, -0.25) is 4.79 Å². The van der Waals surface area contributed by atoms with Crippen molar-refractivity contribution in [2.45, 2.75) is 64.6 Å². The number of likely N-dealkylation sites (tertiary alicyclic amines) is 1. The number of carbonyl (C=O) groups is 2. The molecule has 0 aromatic carbocycles. The molecule has 20 heavy (non-hydrogen) atoms. The minimum Gasteiger partial charge on any atom is -0.444 e. The topological polar surface area (TPSA) is 46.6 Å². The summed E-state index contributed by atoms with van der Waals surface area (Å²) in [6.45, 7) is 7.79. The Kier molecular flexibility index (Phi) is 3.59. The van der Waals surface area contributed by atoms with Crippen molar-refractivity contribution >= 4 is 11.9 Å². The van der Waals surface area contributed by atoms with Crippen LogP contribution in [0.1, 0.15) is 53.4 Å². The number of halogens is 1. The number of alkyl halides is 1. The number of nitrogens with zero attached hydrogens (tertiary/aromatic N) is 1. The third-order valence-electron chi connectivity index (χ3n) is 4.40. The SMILES string of the molecule is CC(C)(C)OC(=O)N1CCC2(CC1)CCC(C)(F)C2=O. The molecule has 0 N–H and O–H groups in total. The molecule has 1 atom stereocenters. The van der Waals surface area contributed by atoms with Crippen LogP contribution in [0.15, 0.2) is 0 Å². The van der Waals surface area contributed by atoms with Crippen molar-refractivity contribution in [1.29, 1.82) is 0 Å². The fraction of sp³-hybridized carbons (Fsp3) is 0.867. The van der Waals surface area contributed by atoms with Gasteiger partial charge in [-0.15, -0.1) is 0 Å². The van der Waals surface area contributed by atoms with Crippen molar-refractivity contribution < 1.29 is 18.7 Å². The Labute approximate surface area is 119 Å². The smallest absolute Gasteiger partial charge is 0.410 e. The molecular formula is C15H24FNO3. The molecule has 2 aliphatic rings. The third kappa shape index (κ3) is 2.81. The zero-order chi connectivity index (χ0) is 15.2. The summed E-state index contributed by atoms with van der Waals surface area (Å²) in [7, 11) is 0. The van der Waals surface area contributed by atoms with E-state index in [4.69, 9.17) is 4.74 Å². The summed E-state index contributed by atoms with van der Waals surface area (Å²) in [5.41, 5.74) is -2.76. The number of rotatable bonds is 0. The number of piperidine rings is 1. The fourth-order valence-corrected chi connectivity index (χ4v) is 3.17. The Balaban J connectivity index is 1.97. The Bertz CT molecular complexity index is 417. The van der Waals surface area contributed by atoms with Crippen molar-refractivity contribution in [3.05, 3.63) is 0 Å². The van der Waals surface area contributed by atoms with E-state index in [9.17, 15) is 14.0 Å².